The maximum atomic E-state index is 12.8. The van der Waals surface area contributed by atoms with Crippen LogP contribution in [0.5, 0.6) is 0 Å². The lowest BCUT2D eigenvalue weighted by atomic mass is 9.74. The zero-order chi connectivity index (χ0) is 17.3. The topological polar surface area (TPSA) is 55.7 Å². The van der Waals surface area contributed by atoms with Gasteiger partial charge in [-0.3, -0.25) is 14.6 Å². The summed E-state index contributed by atoms with van der Waals surface area (Å²) in [6.45, 7) is 6.29. The van der Waals surface area contributed by atoms with Gasteiger partial charge in [-0.05, 0) is 37.1 Å². The van der Waals surface area contributed by atoms with E-state index in [0.717, 1.165) is 34.7 Å². The van der Waals surface area contributed by atoms with Gasteiger partial charge in [0, 0.05) is 34.2 Å². The van der Waals surface area contributed by atoms with Gasteiger partial charge >= 0.3 is 5.97 Å². The minimum absolute atomic E-state index is 0.132. The molecule has 3 rings (SSSR count). The average Bonchev–Trinajstić information content (AvgIpc) is 3.05. The molecule has 1 aliphatic carbocycles. The van der Waals surface area contributed by atoms with Crippen molar-refractivity contribution < 1.29 is 14.3 Å². The van der Waals surface area contributed by atoms with Crippen molar-refractivity contribution in [2.24, 2.45) is 16.8 Å². The zero-order valence-corrected chi connectivity index (χ0v) is 15.2. The van der Waals surface area contributed by atoms with Gasteiger partial charge in [0.05, 0.1) is 6.61 Å². The molecular weight excluding hydrogens is 322 g/mol. The zero-order valence-electron chi connectivity index (χ0n) is 14.4. The highest BCUT2D eigenvalue weighted by atomic mass is 32.1. The van der Waals surface area contributed by atoms with Crippen LogP contribution in [0, 0.1) is 11.8 Å². The normalized spacial score (nSPS) is 24.0. The first kappa shape index (κ1) is 17.1. The molecule has 0 saturated heterocycles. The van der Waals surface area contributed by atoms with Crippen LogP contribution in [-0.4, -0.2) is 24.1 Å². The summed E-state index contributed by atoms with van der Waals surface area (Å²) in [5, 5.41) is 1.99. The highest BCUT2D eigenvalue weighted by Gasteiger charge is 2.43. The van der Waals surface area contributed by atoms with E-state index in [2.05, 4.69) is 4.99 Å². The average molecular weight is 345 g/mol. The minimum Gasteiger partial charge on any atom is -0.465 e. The van der Waals surface area contributed by atoms with Crippen LogP contribution in [0.3, 0.4) is 0 Å². The maximum Gasteiger partial charge on any atom is 0.315 e. The van der Waals surface area contributed by atoms with E-state index in [0.29, 0.717) is 13.0 Å². The minimum atomic E-state index is -0.497. The van der Waals surface area contributed by atoms with E-state index >= 15 is 0 Å². The number of ether oxygens (including phenoxy) is 1. The second-order valence-corrected chi connectivity index (χ2v) is 7.86. The highest BCUT2D eigenvalue weighted by Crippen LogP contribution is 2.44. The van der Waals surface area contributed by atoms with Crippen LogP contribution >= 0.6 is 11.3 Å². The largest absolute Gasteiger partial charge is 0.465 e. The molecule has 0 bridgehead atoms. The van der Waals surface area contributed by atoms with Crippen molar-refractivity contribution in [3.63, 3.8) is 0 Å². The summed E-state index contributed by atoms with van der Waals surface area (Å²) < 4.78 is 5.51. The molecule has 24 heavy (non-hydrogen) atoms. The summed E-state index contributed by atoms with van der Waals surface area (Å²) in [7, 11) is 0. The smallest absolute Gasteiger partial charge is 0.315 e. The van der Waals surface area contributed by atoms with E-state index in [1.54, 1.807) is 11.3 Å². The van der Waals surface area contributed by atoms with Crippen molar-refractivity contribution in [3.05, 3.63) is 33.7 Å². The van der Waals surface area contributed by atoms with Gasteiger partial charge < -0.3 is 4.74 Å². The number of hydrogen-bond acceptors (Lipinski definition) is 5. The Bertz CT molecular complexity index is 700. The van der Waals surface area contributed by atoms with Crippen molar-refractivity contribution in [2.75, 3.05) is 6.61 Å². The van der Waals surface area contributed by atoms with Crippen molar-refractivity contribution in [1.82, 2.24) is 0 Å². The number of allylic oxidation sites excluding steroid dienone is 2. The fourth-order valence-corrected chi connectivity index (χ4v) is 4.30. The predicted octanol–water partition coefficient (Wildman–Crippen LogP) is 4.13. The molecule has 0 fully saturated rings. The van der Waals surface area contributed by atoms with Crippen LogP contribution in [0.15, 0.2) is 33.8 Å². The lowest BCUT2D eigenvalue weighted by molar-refractivity contribution is -0.147. The maximum absolute atomic E-state index is 12.8. The summed E-state index contributed by atoms with van der Waals surface area (Å²) in [5.74, 6) is -0.602. The third-order valence-electron chi connectivity index (χ3n) is 4.50. The van der Waals surface area contributed by atoms with Crippen molar-refractivity contribution in [3.8, 4) is 0 Å². The van der Waals surface area contributed by atoms with Crippen LogP contribution in [0.1, 0.15) is 50.8 Å². The number of carbonyl (C=O) groups excluding carboxylic acids is 2. The van der Waals surface area contributed by atoms with Gasteiger partial charge in [-0.25, -0.2) is 0 Å². The fraction of sp³-hybridized carbons (Fsp3) is 0.526. The molecule has 2 aliphatic rings. The molecule has 2 heterocycles. The molecule has 2 atom stereocenters. The summed E-state index contributed by atoms with van der Waals surface area (Å²) in [4.78, 5) is 31.0. The monoisotopic (exact) mass is 345 g/mol. The van der Waals surface area contributed by atoms with Crippen LogP contribution in [0.4, 0.5) is 0 Å². The molecule has 1 aliphatic heterocycles. The van der Waals surface area contributed by atoms with Gasteiger partial charge in [0.15, 0.2) is 5.78 Å². The van der Waals surface area contributed by atoms with Crippen molar-refractivity contribution >= 4 is 28.8 Å². The van der Waals surface area contributed by atoms with Gasteiger partial charge in [-0.2, -0.15) is 0 Å². The summed E-state index contributed by atoms with van der Waals surface area (Å²) in [5.41, 5.74) is 2.37. The van der Waals surface area contributed by atoms with Crippen molar-refractivity contribution in [2.45, 2.75) is 46.0 Å². The number of Topliss-reactive ketones (excluding diaryl/α,β-unsaturated/α-hetero) is 1. The van der Waals surface area contributed by atoms with Gasteiger partial charge in [0.25, 0.3) is 0 Å². The molecule has 0 spiro atoms. The van der Waals surface area contributed by atoms with E-state index in [9.17, 15) is 9.59 Å². The molecule has 1 aromatic rings. The Balaban J connectivity index is 2.01. The Labute approximate surface area is 146 Å². The lowest BCUT2D eigenvalue weighted by Crippen LogP contribution is -2.37. The SMILES string of the molecule is CC1=NC2=C(C(=O)CCC2)[C@@H](c2cccs2)C1C(=O)OCC(C)C. The molecule has 5 heteroatoms. The first-order valence-electron chi connectivity index (χ1n) is 8.50. The van der Waals surface area contributed by atoms with Crippen LogP contribution < -0.4 is 0 Å². The Hall–Kier alpha value is -1.75. The molecule has 1 aromatic heterocycles. The number of ketones is 1. The Kier molecular flexibility index (Phi) is 4.99. The van der Waals surface area contributed by atoms with Crippen LogP contribution in [0.2, 0.25) is 0 Å². The quantitative estimate of drug-likeness (QED) is 0.771. The van der Waals surface area contributed by atoms with Gasteiger partial charge in [0.1, 0.15) is 5.92 Å². The summed E-state index contributed by atoms with van der Waals surface area (Å²) >= 11 is 1.59. The number of hydrogen-bond donors (Lipinski definition) is 0. The number of rotatable bonds is 4. The van der Waals surface area contributed by atoms with Gasteiger partial charge in [0.2, 0.25) is 0 Å². The molecule has 4 nitrogen and oxygen atoms in total. The van der Waals surface area contributed by atoms with E-state index in [1.807, 2.05) is 38.3 Å². The molecule has 0 radical (unpaired) electrons. The van der Waals surface area contributed by atoms with Gasteiger partial charge in [-0.15, -0.1) is 11.3 Å². The number of carbonyl (C=O) groups is 2. The predicted molar refractivity (Wildman–Crippen MR) is 95.3 cm³/mol. The van der Waals surface area contributed by atoms with E-state index < -0.39 is 5.92 Å². The Morgan fingerprint density at radius 1 is 1.42 bits per heavy atom. The standard InChI is InChI=1S/C19H23NO3S/c1-11(2)10-23-19(22)16-12(3)20-13-6-4-7-14(21)17(13)18(16)15-8-5-9-24-15/h5,8-9,11,16,18H,4,6-7,10H2,1-3H3/t16?,18-/m0/s1. The Morgan fingerprint density at radius 2 is 2.21 bits per heavy atom. The van der Waals surface area contributed by atoms with E-state index in [4.69, 9.17) is 4.74 Å². The molecule has 0 saturated carbocycles. The van der Waals surface area contributed by atoms with Gasteiger partial charge in [-0.1, -0.05) is 19.9 Å². The molecule has 128 valence electrons. The molecule has 1 unspecified atom stereocenters. The Morgan fingerprint density at radius 3 is 2.88 bits per heavy atom. The first-order valence-corrected chi connectivity index (χ1v) is 9.38. The fourth-order valence-electron chi connectivity index (χ4n) is 3.43. The molecule has 0 N–H and O–H groups in total. The number of nitrogens with zero attached hydrogens (tertiary/aromatic N) is 1. The number of thiophene rings is 1. The highest BCUT2D eigenvalue weighted by molar-refractivity contribution is 7.10. The summed E-state index contributed by atoms with van der Waals surface area (Å²) in [6.07, 6.45) is 2.20. The number of esters is 1. The molecular formula is C19H23NO3S. The third-order valence-corrected chi connectivity index (χ3v) is 5.45. The second-order valence-electron chi connectivity index (χ2n) is 6.88. The lowest BCUT2D eigenvalue weighted by Gasteiger charge is -2.33. The molecule has 0 aromatic carbocycles. The van der Waals surface area contributed by atoms with E-state index in [-0.39, 0.29) is 23.6 Å². The first-order chi connectivity index (χ1) is 11.5. The van der Waals surface area contributed by atoms with Crippen LogP contribution in [-0.2, 0) is 14.3 Å². The third kappa shape index (κ3) is 3.22. The second kappa shape index (κ2) is 7.01. The summed E-state index contributed by atoms with van der Waals surface area (Å²) in [6, 6.07) is 3.97. The van der Waals surface area contributed by atoms with Crippen molar-refractivity contribution in [1.29, 1.82) is 0 Å². The molecule has 0 amide bonds. The number of aliphatic imine (C=N–C) groups is 1. The van der Waals surface area contributed by atoms with E-state index in [1.165, 1.54) is 0 Å². The van der Waals surface area contributed by atoms with Crippen LogP contribution in [0.25, 0.3) is 0 Å².